The van der Waals surface area contributed by atoms with E-state index in [-0.39, 0.29) is 0 Å². The average molecular weight is 257 g/mol. The molecule has 0 saturated carbocycles. The van der Waals surface area contributed by atoms with Gasteiger partial charge in [0.25, 0.3) is 0 Å². The lowest BCUT2D eigenvalue weighted by Gasteiger charge is -2.12. The summed E-state index contributed by atoms with van der Waals surface area (Å²) in [7, 11) is 0. The number of rotatable bonds is 4. The van der Waals surface area contributed by atoms with E-state index in [1.165, 1.54) is 0 Å². The van der Waals surface area contributed by atoms with Gasteiger partial charge in [-0.2, -0.15) is 0 Å². The summed E-state index contributed by atoms with van der Waals surface area (Å²) in [5, 5.41) is 9.53. The van der Waals surface area contributed by atoms with Crippen LogP contribution in [-0.2, 0) is 6.61 Å². The van der Waals surface area contributed by atoms with Crippen LogP contribution in [0.5, 0.6) is 5.75 Å². The number of pyridine rings is 1. The lowest BCUT2D eigenvalue weighted by Crippen LogP contribution is -1.99. The molecule has 0 saturated heterocycles. The maximum atomic E-state index is 9.53. The Morgan fingerprint density at radius 2 is 2.00 bits per heavy atom. The largest absolute Gasteiger partial charge is 0.489 e. The van der Waals surface area contributed by atoms with E-state index in [1.807, 2.05) is 44.4 Å². The Bertz CT molecular complexity index is 564. The van der Waals surface area contributed by atoms with Gasteiger partial charge in [0, 0.05) is 18.0 Å². The Kier molecular flexibility index (Phi) is 4.17. The quantitative estimate of drug-likeness (QED) is 0.913. The first-order chi connectivity index (χ1) is 9.06. The topological polar surface area (TPSA) is 42.4 Å². The third-order valence-electron chi connectivity index (χ3n) is 3.01. The van der Waals surface area contributed by atoms with Crippen molar-refractivity contribution in [2.24, 2.45) is 0 Å². The average Bonchev–Trinajstić information content (AvgIpc) is 2.37. The molecular formula is C16H19NO2. The van der Waals surface area contributed by atoms with Gasteiger partial charge < -0.3 is 9.84 Å². The molecule has 2 rings (SSSR count). The Labute approximate surface area is 113 Å². The number of hydrogen-bond acceptors (Lipinski definition) is 3. The standard InChI is InChI=1S/C16H19NO2/c1-11-6-14(9-17-8-11)10-19-16-5-4-15(13(3)18)7-12(16)2/h4-9,13,18H,10H2,1-3H3/t13-/m0/s1. The van der Waals surface area contributed by atoms with E-state index in [1.54, 1.807) is 6.92 Å². The highest BCUT2D eigenvalue weighted by atomic mass is 16.5. The summed E-state index contributed by atoms with van der Waals surface area (Å²) < 4.78 is 5.79. The van der Waals surface area contributed by atoms with Gasteiger partial charge >= 0.3 is 0 Å². The minimum atomic E-state index is -0.450. The maximum absolute atomic E-state index is 9.53. The second-order valence-corrected chi connectivity index (χ2v) is 4.86. The van der Waals surface area contributed by atoms with Crippen molar-refractivity contribution in [1.29, 1.82) is 0 Å². The molecule has 3 nitrogen and oxygen atoms in total. The molecule has 0 spiro atoms. The molecule has 0 aliphatic rings. The first-order valence-corrected chi connectivity index (χ1v) is 6.38. The SMILES string of the molecule is Cc1cncc(COc2ccc([C@H](C)O)cc2C)c1. The monoisotopic (exact) mass is 257 g/mol. The fourth-order valence-electron chi connectivity index (χ4n) is 1.95. The van der Waals surface area contributed by atoms with Crippen molar-refractivity contribution in [3.63, 3.8) is 0 Å². The number of nitrogens with zero attached hydrogens (tertiary/aromatic N) is 1. The van der Waals surface area contributed by atoms with E-state index < -0.39 is 6.10 Å². The molecule has 1 aromatic heterocycles. The van der Waals surface area contributed by atoms with Gasteiger partial charge in [0.1, 0.15) is 12.4 Å². The van der Waals surface area contributed by atoms with Gasteiger partial charge in [0.15, 0.2) is 0 Å². The van der Waals surface area contributed by atoms with Crippen LogP contribution >= 0.6 is 0 Å². The summed E-state index contributed by atoms with van der Waals surface area (Å²) in [6, 6.07) is 7.81. The fourth-order valence-corrected chi connectivity index (χ4v) is 1.95. The number of aryl methyl sites for hydroxylation is 2. The minimum absolute atomic E-state index is 0.450. The van der Waals surface area contributed by atoms with Crippen molar-refractivity contribution in [3.05, 3.63) is 58.9 Å². The van der Waals surface area contributed by atoms with Crippen LogP contribution in [0.4, 0.5) is 0 Å². The number of aliphatic hydroxyl groups is 1. The van der Waals surface area contributed by atoms with E-state index in [9.17, 15) is 5.11 Å². The molecule has 2 aromatic rings. The van der Waals surface area contributed by atoms with Crippen LogP contribution in [0.1, 0.15) is 35.3 Å². The van der Waals surface area contributed by atoms with Gasteiger partial charge in [-0.05, 0) is 55.7 Å². The maximum Gasteiger partial charge on any atom is 0.122 e. The summed E-state index contributed by atoms with van der Waals surface area (Å²) in [6.07, 6.45) is 3.19. The molecule has 19 heavy (non-hydrogen) atoms. The third-order valence-corrected chi connectivity index (χ3v) is 3.01. The molecule has 0 fully saturated rings. The van der Waals surface area contributed by atoms with Crippen molar-refractivity contribution in [1.82, 2.24) is 4.98 Å². The highest BCUT2D eigenvalue weighted by Crippen LogP contribution is 2.23. The molecule has 0 amide bonds. The van der Waals surface area contributed by atoms with E-state index in [0.717, 1.165) is 28.0 Å². The lowest BCUT2D eigenvalue weighted by molar-refractivity contribution is 0.199. The fraction of sp³-hybridized carbons (Fsp3) is 0.312. The van der Waals surface area contributed by atoms with Crippen LogP contribution in [0.15, 0.2) is 36.7 Å². The van der Waals surface area contributed by atoms with E-state index in [0.29, 0.717) is 6.61 Å². The van der Waals surface area contributed by atoms with Crippen molar-refractivity contribution in [2.45, 2.75) is 33.5 Å². The van der Waals surface area contributed by atoms with Crippen LogP contribution in [0.3, 0.4) is 0 Å². The molecule has 0 aliphatic carbocycles. The zero-order valence-electron chi connectivity index (χ0n) is 11.6. The molecule has 100 valence electrons. The summed E-state index contributed by atoms with van der Waals surface area (Å²) in [5.74, 6) is 0.839. The molecule has 1 heterocycles. The number of aliphatic hydroxyl groups excluding tert-OH is 1. The van der Waals surface area contributed by atoms with Gasteiger partial charge in [-0.1, -0.05) is 6.07 Å². The third kappa shape index (κ3) is 3.55. The first kappa shape index (κ1) is 13.6. The smallest absolute Gasteiger partial charge is 0.122 e. The zero-order valence-corrected chi connectivity index (χ0v) is 11.6. The van der Waals surface area contributed by atoms with Crippen molar-refractivity contribution >= 4 is 0 Å². The van der Waals surface area contributed by atoms with Gasteiger partial charge in [-0.25, -0.2) is 0 Å². The molecule has 1 N–H and O–H groups in total. The second kappa shape index (κ2) is 5.85. The molecule has 0 unspecified atom stereocenters. The predicted octanol–water partition coefficient (Wildman–Crippen LogP) is 3.33. The normalized spacial score (nSPS) is 12.2. The minimum Gasteiger partial charge on any atom is -0.489 e. The van der Waals surface area contributed by atoms with E-state index in [2.05, 4.69) is 11.1 Å². The highest BCUT2D eigenvalue weighted by molar-refractivity contribution is 5.37. The summed E-state index contributed by atoms with van der Waals surface area (Å²) in [4.78, 5) is 4.14. The van der Waals surface area contributed by atoms with E-state index >= 15 is 0 Å². The van der Waals surface area contributed by atoms with E-state index in [4.69, 9.17) is 4.74 Å². The molecule has 0 radical (unpaired) electrons. The van der Waals surface area contributed by atoms with Crippen molar-refractivity contribution in [2.75, 3.05) is 0 Å². The Morgan fingerprint density at radius 3 is 2.63 bits per heavy atom. The Balaban J connectivity index is 2.07. The van der Waals surface area contributed by atoms with Gasteiger partial charge in [0.2, 0.25) is 0 Å². The van der Waals surface area contributed by atoms with Gasteiger partial charge in [-0.3, -0.25) is 4.98 Å². The number of benzene rings is 1. The summed E-state index contributed by atoms with van der Waals surface area (Å²) in [5.41, 5.74) is 4.11. The van der Waals surface area contributed by atoms with Gasteiger partial charge in [-0.15, -0.1) is 0 Å². The van der Waals surface area contributed by atoms with Crippen LogP contribution in [0, 0.1) is 13.8 Å². The van der Waals surface area contributed by atoms with Gasteiger partial charge in [0.05, 0.1) is 6.10 Å². The van der Waals surface area contributed by atoms with Crippen LogP contribution < -0.4 is 4.74 Å². The molecule has 0 aliphatic heterocycles. The number of hydrogen-bond donors (Lipinski definition) is 1. The van der Waals surface area contributed by atoms with Crippen LogP contribution in [-0.4, -0.2) is 10.1 Å². The highest BCUT2D eigenvalue weighted by Gasteiger charge is 2.05. The summed E-state index contributed by atoms with van der Waals surface area (Å²) >= 11 is 0. The van der Waals surface area contributed by atoms with Crippen molar-refractivity contribution in [3.8, 4) is 5.75 Å². The molecule has 1 aromatic carbocycles. The van der Waals surface area contributed by atoms with Crippen LogP contribution in [0.25, 0.3) is 0 Å². The first-order valence-electron chi connectivity index (χ1n) is 6.38. The predicted molar refractivity (Wildman–Crippen MR) is 75.1 cm³/mol. The summed E-state index contributed by atoms with van der Waals surface area (Å²) in [6.45, 7) is 6.26. The lowest BCUT2D eigenvalue weighted by atomic mass is 10.1. The van der Waals surface area contributed by atoms with Crippen LogP contribution in [0.2, 0.25) is 0 Å². The Hall–Kier alpha value is -1.87. The number of ether oxygens (including phenoxy) is 1. The van der Waals surface area contributed by atoms with Crippen molar-refractivity contribution < 1.29 is 9.84 Å². The molecular weight excluding hydrogens is 238 g/mol. The molecule has 1 atom stereocenters. The zero-order chi connectivity index (χ0) is 13.8. The molecule has 0 bridgehead atoms. The second-order valence-electron chi connectivity index (χ2n) is 4.86. The molecule has 3 heteroatoms. The number of aromatic nitrogens is 1. The Morgan fingerprint density at radius 1 is 1.21 bits per heavy atom.